The van der Waals surface area contributed by atoms with Crippen LogP contribution >= 0.6 is 11.3 Å². The Morgan fingerprint density at radius 3 is 2.76 bits per heavy atom. The molecule has 0 spiro atoms. The van der Waals surface area contributed by atoms with E-state index in [2.05, 4.69) is 15.0 Å². The van der Waals surface area contributed by atoms with Crippen molar-refractivity contribution >= 4 is 34.3 Å². The van der Waals surface area contributed by atoms with Gasteiger partial charge in [-0.3, -0.25) is 9.59 Å². The van der Waals surface area contributed by atoms with Gasteiger partial charge >= 0.3 is 5.97 Å². The van der Waals surface area contributed by atoms with Crippen molar-refractivity contribution in [2.75, 3.05) is 25.5 Å². The Labute approximate surface area is 147 Å². The van der Waals surface area contributed by atoms with Crippen molar-refractivity contribution < 1.29 is 23.5 Å². The molecule has 3 heterocycles. The van der Waals surface area contributed by atoms with Crippen molar-refractivity contribution in [2.45, 2.75) is 12.8 Å². The standard InChI is InChI=1S/C16H17N3O5S/c1-23-15(22)12-9-17-16(25-12)18-13(20)10-4-6-19(7-5-10)14(21)11-3-2-8-24-11/h2-3,8-10H,4-7H2,1H3,(H,17,18,20). The van der Waals surface area contributed by atoms with Crippen LogP contribution in [0.25, 0.3) is 0 Å². The SMILES string of the molecule is COC(=O)c1cnc(NC(=O)C2CCN(C(=O)c3ccco3)CC2)s1. The zero-order chi connectivity index (χ0) is 17.8. The number of piperidine rings is 1. The maximum atomic E-state index is 12.3. The molecule has 0 unspecified atom stereocenters. The zero-order valence-corrected chi connectivity index (χ0v) is 14.4. The van der Waals surface area contributed by atoms with Gasteiger partial charge in [0.05, 0.1) is 19.6 Å². The third-order valence-electron chi connectivity index (χ3n) is 4.01. The molecule has 2 aromatic heterocycles. The Morgan fingerprint density at radius 2 is 2.12 bits per heavy atom. The average Bonchev–Trinajstić information content (AvgIpc) is 3.32. The zero-order valence-electron chi connectivity index (χ0n) is 13.6. The van der Waals surface area contributed by atoms with E-state index in [-0.39, 0.29) is 17.7 Å². The minimum atomic E-state index is -0.484. The third kappa shape index (κ3) is 3.87. The van der Waals surface area contributed by atoms with Gasteiger partial charge in [0, 0.05) is 19.0 Å². The molecule has 8 nitrogen and oxygen atoms in total. The van der Waals surface area contributed by atoms with E-state index in [1.165, 1.54) is 19.6 Å². The second-order valence-electron chi connectivity index (χ2n) is 5.55. The summed E-state index contributed by atoms with van der Waals surface area (Å²) in [5.41, 5.74) is 0. The second kappa shape index (κ2) is 7.47. The normalized spacial score (nSPS) is 15.0. The molecule has 9 heteroatoms. The predicted molar refractivity (Wildman–Crippen MR) is 89.4 cm³/mol. The molecule has 132 valence electrons. The molecular weight excluding hydrogens is 346 g/mol. The lowest BCUT2D eigenvalue weighted by Gasteiger charge is -2.30. The number of ether oxygens (including phenoxy) is 1. The van der Waals surface area contributed by atoms with E-state index < -0.39 is 5.97 Å². The predicted octanol–water partition coefficient (Wildman–Crippen LogP) is 2.01. The van der Waals surface area contributed by atoms with E-state index >= 15 is 0 Å². The Hall–Kier alpha value is -2.68. The molecule has 25 heavy (non-hydrogen) atoms. The molecule has 0 atom stereocenters. The molecule has 0 aromatic carbocycles. The van der Waals surface area contributed by atoms with Gasteiger partial charge in [0.2, 0.25) is 5.91 Å². The quantitative estimate of drug-likeness (QED) is 0.834. The van der Waals surface area contributed by atoms with E-state index in [0.717, 1.165) is 11.3 Å². The summed E-state index contributed by atoms with van der Waals surface area (Å²) in [6.07, 6.45) is 3.96. The molecule has 1 fully saturated rings. The van der Waals surface area contributed by atoms with Crippen LogP contribution in [0.15, 0.2) is 29.0 Å². The lowest BCUT2D eigenvalue weighted by molar-refractivity contribution is -0.121. The fourth-order valence-corrected chi connectivity index (χ4v) is 3.37. The van der Waals surface area contributed by atoms with Crippen LogP contribution in [-0.4, -0.2) is 47.9 Å². The molecule has 1 saturated heterocycles. The first-order valence-electron chi connectivity index (χ1n) is 7.76. The highest BCUT2D eigenvalue weighted by Crippen LogP contribution is 2.23. The lowest BCUT2D eigenvalue weighted by Crippen LogP contribution is -2.41. The monoisotopic (exact) mass is 363 g/mol. The molecule has 0 aliphatic carbocycles. The smallest absolute Gasteiger partial charge is 0.349 e. The summed E-state index contributed by atoms with van der Waals surface area (Å²) >= 11 is 1.07. The number of hydrogen-bond acceptors (Lipinski definition) is 7. The van der Waals surface area contributed by atoms with Gasteiger partial charge in [-0.2, -0.15) is 0 Å². The molecule has 2 aromatic rings. The number of hydrogen-bond donors (Lipinski definition) is 1. The topological polar surface area (TPSA) is 102 Å². The van der Waals surface area contributed by atoms with Gasteiger partial charge in [-0.25, -0.2) is 9.78 Å². The number of anilines is 1. The van der Waals surface area contributed by atoms with Crippen LogP contribution in [0.4, 0.5) is 5.13 Å². The number of nitrogens with zero attached hydrogens (tertiary/aromatic N) is 2. The maximum absolute atomic E-state index is 12.3. The van der Waals surface area contributed by atoms with Crippen molar-refractivity contribution in [3.8, 4) is 0 Å². The number of thiazole rings is 1. The molecule has 3 rings (SSSR count). The number of furan rings is 1. The lowest BCUT2D eigenvalue weighted by atomic mass is 9.96. The maximum Gasteiger partial charge on any atom is 0.349 e. The van der Waals surface area contributed by atoms with Crippen molar-refractivity contribution in [3.05, 3.63) is 35.2 Å². The molecule has 0 saturated carbocycles. The Balaban J connectivity index is 1.52. The van der Waals surface area contributed by atoms with Crippen molar-refractivity contribution in [1.29, 1.82) is 0 Å². The molecular formula is C16H17N3O5S. The Morgan fingerprint density at radius 1 is 1.36 bits per heavy atom. The van der Waals surface area contributed by atoms with Crippen LogP contribution < -0.4 is 5.32 Å². The fraction of sp³-hybridized carbons (Fsp3) is 0.375. The summed E-state index contributed by atoms with van der Waals surface area (Å²) in [5.74, 6) is -0.697. The molecule has 0 radical (unpaired) electrons. The number of amides is 2. The van der Waals surface area contributed by atoms with Gasteiger partial charge in [0.1, 0.15) is 4.88 Å². The van der Waals surface area contributed by atoms with E-state index in [9.17, 15) is 14.4 Å². The summed E-state index contributed by atoms with van der Waals surface area (Å²) in [7, 11) is 1.29. The molecule has 1 aliphatic rings. The van der Waals surface area contributed by atoms with Crippen LogP contribution in [0.3, 0.4) is 0 Å². The highest BCUT2D eigenvalue weighted by molar-refractivity contribution is 7.17. The highest BCUT2D eigenvalue weighted by atomic mass is 32.1. The number of nitrogens with one attached hydrogen (secondary N) is 1. The summed E-state index contributed by atoms with van der Waals surface area (Å²) in [6, 6.07) is 3.30. The minimum Gasteiger partial charge on any atom is -0.465 e. The fourth-order valence-electron chi connectivity index (χ4n) is 2.64. The number of methoxy groups -OCH3 is 1. The largest absolute Gasteiger partial charge is 0.465 e. The summed E-state index contributed by atoms with van der Waals surface area (Å²) in [4.78, 5) is 42.0. The number of rotatable bonds is 4. The molecule has 1 N–H and O–H groups in total. The first kappa shape index (κ1) is 17.2. The summed E-state index contributed by atoms with van der Waals surface area (Å²) in [6.45, 7) is 0.978. The van der Waals surface area contributed by atoms with Crippen LogP contribution in [0.5, 0.6) is 0 Å². The Bertz CT molecular complexity index is 763. The van der Waals surface area contributed by atoms with Crippen LogP contribution in [0.2, 0.25) is 0 Å². The van der Waals surface area contributed by atoms with E-state index in [1.807, 2.05) is 0 Å². The first-order valence-corrected chi connectivity index (χ1v) is 8.58. The number of carbonyl (C=O) groups is 3. The number of carbonyl (C=O) groups excluding carboxylic acids is 3. The van der Waals surface area contributed by atoms with Crippen molar-refractivity contribution in [2.24, 2.45) is 5.92 Å². The summed E-state index contributed by atoms with van der Waals surface area (Å²) < 4.78 is 9.73. The molecule has 1 aliphatic heterocycles. The van der Waals surface area contributed by atoms with Gasteiger partial charge in [-0.1, -0.05) is 11.3 Å². The van der Waals surface area contributed by atoms with Crippen LogP contribution in [-0.2, 0) is 9.53 Å². The van der Waals surface area contributed by atoms with Gasteiger partial charge in [0.15, 0.2) is 10.9 Å². The third-order valence-corrected chi connectivity index (χ3v) is 4.90. The molecule has 0 bridgehead atoms. The van der Waals surface area contributed by atoms with Crippen molar-refractivity contribution in [1.82, 2.24) is 9.88 Å². The van der Waals surface area contributed by atoms with Gasteiger partial charge in [-0.05, 0) is 25.0 Å². The number of esters is 1. The van der Waals surface area contributed by atoms with Gasteiger partial charge < -0.3 is 19.4 Å². The minimum absolute atomic E-state index is 0.157. The van der Waals surface area contributed by atoms with Gasteiger partial charge in [0.25, 0.3) is 5.91 Å². The second-order valence-corrected chi connectivity index (χ2v) is 6.58. The highest BCUT2D eigenvalue weighted by Gasteiger charge is 2.29. The number of likely N-dealkylation sites (tertiary alicyclic amines) is 1. The van der Waals surface area contributed by atoms with E-state index in [0.29, 0.717) is 41.7 Å². The van der Waals surface area contributed by atoms with Crippen molar-refractivity contribution in [3.63, 3.8) is 0 Å². The van der Waals surface area contributed by atoms with Crippen LogP contribution in [0, 0.1) is 5.92 Å². The van der Waals surface area contributed by atoms with E-state index in [4.69, 9.17) is 4.42 Å². The average molecular weight is 363 g/mol. The summed E-state index contributed by atoms with van der Waals surface area (Å²) in [5, 5.41) is 3.08. The Kier molecular flexibility index (Phi) is 5.13. The molecule has 2 amide bonds. The van der Waals surface area contributed by atoms with Gasteiger partial charge in [-0.15, -0.1) is 0 Å². The van der Waals surface area contributed by atoms with Crippen LogP contribution in [0.1, 0.15) is 33.1 Å². The number of aromatic nitrogens is 1. The van der Waals surface area contributed by atoms with E-state index in [1.54, 1.807) is 17.0 Å². The first-order chi connectivity index (χ1) is 12.1.